The molecule has 1 aromatic rings. The molecule has 1 aromatic carbocycles. The first-order valence-electron chi connectivity index (χ1n) is 6.73. The van der Waals surface area contributed by atoms with Gasteiger partial charge >= 0.3 is 0 Å². The van der Waals surface area contributed by atoms with Crippen molar-refractivity contribution >= 4 is 34.8 Å². The number of amides is 1. The smallest absolute Gasteiger partial charge is 0.241 e. The van der Waals surface area contributed by atoms with Crippen LogP contribution in [0.5, 0.6) is 0 Å². The standard InChI is InChI=1S/C14H19Cl2N3O/c1-17-12-3-2-4-19(9-12)14(20)8-18-13-6-10(15)5-11(16)7-13/h5-7,12,17-18H,2-4,8-9H2,1H3/t12-/m0/s1. The Hall–Kier alpha value is -0.970. The van der Waals surface area contributed by atoms with Gasteiger partial charge in [0.2, 0.25) is 5.91 Å². The van der Waals surface area contributed by atoms with Crippen molar-refractivity contribution in [2.75, 3.05) is 32.0 Å². The van der Waals surface area contributed by atoms with Gasteiger partial charge in [0.1, 0.15) is 0 Å². The van der Waals surface area contributed by atoms with Crippen molar-refractivity contribution in [2.24, 2.45) is 0 Å². The Labute approximate surface area is 129 Å². The van der Waals surface area contributed by atoms with Crippen molar-refractivity contribution < 1.29 is 4.79 Å². The molecule has 2 N–H and O–H groups in total. The molecule has 1 aliphatic heterocycles. The van der Waals surface area contributed by atoms with Crippen molar-refractivity contribution in [3.05, 3.63) is 28.2 Å². The summed E-state index contributed by atoms with van der Waals surface area (Å²) in [6, 6.07) is 5.58. The third kappa shape index (κ3) is 4.27. The van der Waals surface area contributed by atoms with E-state index in [9.17, 15) is 4.79 Å². The summed E-state index contributed by atoms with van der Waals surface area (Å²) in [6.07, 6.45) is 2.16. The van der Waals surface area contributed by atoms with Crippen LogP contribution in [0.1, 0.15) is 12.8 Å². The van der Waals surface area contributed by atoms with E-state index in [1.807, 2.05) is 11.9 Å². The molecule has 0 aromatic heterocycles. The highest BCUT2D eigenvalue weighted by molar-refractivity contribution is 6.35. The Balaban J connectivity index is 1.88. The number of nitrogens with one attached hydrogen (secondary N) is 2. The Morgan fingerprint density at radius 3 is 2.70 bits per heavy atom. The number of carbonyl (C=O) groups is 1. The number of likely N-dealkylation sites (N-methyl/N-ethyl adjacent to an activating group) is 1. The van der Waals surface area contributed by atoms with E-state index in [4.69, 9.17) is 23.2 Å². The molecule has 110 valence electrons. The minimum absolute atomic E-state index is 0.0982. The number of benzene rings is 1. The zero-order chi connectivity index (χ0) is 14.5. The maximum atomic E-state index is 12.2. The quantitative estimate of drug-likeness (QED) is 0.897. The van der Waals surface area contributed by atoms with E-state index in [1.54, 1.807) is 18.2 Å². The number of piperidine rings is 1. The number of hydrogen-bond acceptors (Lipinski definition) is 3. The average Bonchev–Trinajstić information content (AvgIpc) is 2.44. The molecule has 0 aliphatic carbocycles. The fourth-order valence-electron chi connectivity index (χ4n) is 2.38. The SMILES string of the molecule is CN[C@H]1CCCN(C(=O)CNc2cc(Cl)cc(Cl)c2)C1. The van der Waals surface area contributed by atoms with Crippen LogP contribution in [0.3, 0.4) is 0 Å². The number of rotatable bonds is 4. The second kappa shape index (κ2) is 7.16. The van der Waals surface area contributed by atoms with Gasteiger partial charge in [-0.25, -0.2) is 0 Å². The van der Waals surface area contributed by atoms with Crippen molar-refractivity contribution in [1.82, 2.24) is 10.2 Å². The van der Waals surface area contributed by atoms with Crippen LogP contribution in [-0.4, -0.2) is 43.5 Å². The second-order valence-corrected chi connectivity index (χ2v) is 5.85. The lowest BCUT2D eigenvalue weighted by Crippen LogP contribution is -2.48. The summed E-state index contributed by atoms with van der Waals surface area (Å²) >= 11 is 11.8. The highest BCUT2D eigenvalue weighted by Gasteiger charge is 2.22. The van der Waals surface area contributed by atoms with Crippen molar-refractivity contribution in [1.29, 1.82) is 0 Å². The Kier molecular flexibility index (Phi) is 5.52. The largest absolute Gasteiger partial charge is 0.376 e. The minimum Gasteiger partial charge on any atom is -0.376 e. The van der Waals surface area contributed by atoms with Crippen molar-refractivity contribution in [3.8, 4) is 0 Å². The predicted octanol–water partition coefficient (Wildman–Crippen LogP) is 2.62. The van der Waals surface area contributed by atoms with E-state index < -0.39 is 0 Å². The van der Waals surface area contributed by atoms with E-state index in [0.717, 1.165) is 31.6 Å². The summed E-state index contributed by atoms with van der Waals surface area (Å²) in [5.41, 5.74) is 0.762. The molecular weight excluding hydrogens is 297 g/mol. The Morgan fingerprint density at radius 1 is 1.35 bits per heavy atom. The van der Waals surface area contributed by atoms with Crippen LogP contribution < -0.4 is 10.6 Å². The highest BCUT2D eigenvalue weighted by Crippen LogP contribution is 2.22. The molecule has 1 aliphatic rings. The first kappa shape index (κ1) is 15.4. The first-order chi connectivity index (χ1) is 9.58. The fraction of sp³-hybridized carbons (Fsp3) is 0.500. The van der Waals surface area contributed by atoms with E-state index >= 15 is 0 Å². The molecule has 1 heterocycles. The fourth-order valence-corrected chi connectivity index (χ4v) is 2.91. The van der Waals surface area contributed by atoms with Crippen LogP contribution in [0.2, 0.25) is 10.0 Å². The zero-order valence-corrected chi connectivity index (χ0v) is 13.0. The van der Waals surface area contributed by atoms with Gasteiger partial charge in [0, 0.05) is 34.9 Å². The number of likely N-dealkylation sites (tertiary alicyclic amines) is 1. The van der Waals surface area contributed by atoms with E-state index in [2.05, 4.69) is 10.6 Å². The van der Waals surface area contributed by atoms with Gasteiger partial charge in [0.15, 0.2) is 0 Å². The van der Waals surface area contributed by atoms with Crippen LogP contribution >= 0.6 is 23.2 Å². The molecule has 1 amide bonds. The second-order valence-electron chi connectivity index (χ2n) is 4.98. The molecule has 4 nitrogen and oxygen atoms in total. The van der Waals surface area contributed by atoms with Gasteiger partial charge in [-0.1, -0.05) is 23.2 Å². The van der Waals surface area contributed by atoms with Crippen LogP contribution in [0.25, 0.3) is 0 Å². The normalized spacial score (nSPS) is 18.9. The van der Waals surface area contributed by atoms with Crippen LogP contribution in [0.15, 0.2) is 18.2 Å². The molecule has 0 radical (unpaired) electrons. The van der Waals surface area contributed by atoms with Gasteiger partial charge in [0.25, 0.3) is 0 Å². The lowest BCUT2D eigenvalue weighted by molar-refractivity contribution is -0.130. The van der Waals surface area contributed by atoms with Gasteiger partial charge in [0.05, 0.1) is 6.54 Å². The third-order valence-corrected chi connectivity index (χ3v) is 3.93. The molecule has 6 heteroatoms. The Morgan fingerprint density at radius 2 is 2.05 bits per heavy atom. The van der Waals surface area contributed by atoms with Gasteiger partial charge < -0.3 is 15.5 Å². The molecular formula is C14H19Cl2N3O. The number of hydrogen-bond donors (Lipinski definition) is 2. The summed E-state index contributed by atoms with van der Waals surface area (Å²) in [5.74, 6) is 0.0982. The maximum absolute atomic E-state index is 12.2. The van der Waals surface area contributed by atoms with Crippen molar-refractivity contribution in [2.45, 2.75) is 18.9 Å². The summed E-state index contributed by atoms with van der Waals surface area (Å²) in [5, 5.41) is 7.42. The number of anilines is 1. The van der Waals surface area contributed by atoms with Crippen LogP contribution in [0, 0.1) is 0 Å². The van der Waals surface area contributed by atoms with E-state index in [0.29, 0.717) is 16.1 Å². The Bertz CT molecular complexity index is 461. The van der Waals surface area contributed by atoms with Crippen LogP contribution in [0.4, 0.5) is 5.69 Å². The molecule has 1 saturated heterocycles. The third-order valence-electron chi connectivity index (χ3n) is 3.49. The summed E-state index contributed by atoms with van der Waals surface area (Å²) in [7, 11) is 1.94. The molecule has 0 spiro atoms. The lowest BCUT2D eigenvalue weighted by atomic mass is 10.1. The summed E-state index contributed by atoms with van der Waals surface area (Å²) in [6.45, 7) is 1.86. The molecule has 0 bridgehead atoms. The molecule has 1 atom stereocenters. The lowest BCUT2D eigenvalue weighted by Gasteiger charge is -2.32. The highest BCUT2D eigenvalue weighted by atomic mass is 35.5. The number of carbonyl (C=O) groups excluding carboxylic acids is 1. The number of halogens is 2. The van der Waals surface area contributed by atoms with E-state index in [-0.39, 0.29) is 12.5 Å². The molecule has 2 rings (SSSR count). The molecule has 1 fully saturated rings. The summed E-state index contributed by atoms with van der Waals surface area (Å²) < 4.78 is 0. The topological polar surface area (TPSA) is 44.4 Å². The summed E-state index contributed by atoms with van der Waals surface area (Å²) in [4.78, 5) is 14.1. The van der Waals surface area contributed by atoms with E-state index in [1.165, 1.54) is 0 Å². The van der Waals surface area contributed by atoms with Gasteiger partial charge in [-0.15, -0.1) is 0 Å². The van der Waals surface area contributed by atoms with Gasteiger partial charge in [-0.05, 0) is 38.1 Å². The van der Waals surface area contributed by atoms with Crippen molar-refractivity contribution in [3.63, 3.8) is 0 Å². The van der Waals surface area contributed by atoms with Gasteiger partial charge in [-0.3, -0.25) is 4.79 Å². The monoisotopic (exact) mass is 315 g/mol. The minimum atomic E-state index is 0.0982. The zero-order valence-electron chi connectivity index (χ0n) is 11.5. The predicted molar refractivity (Wildman–Crippen MR) is 83.6 cm³/mol. The molecule has 20 heavy (non-hydrogen) atoms. The number of nitrogens with zero attached hydrogens (tertiary/aromatic N) is 1. The molecule has 0 unspecified atom stereocenters. The maximum Gasteiger partial charge on any atom is 0.241 e. The van der Waals surface area contributed by atoms with Gasteiger partial charge in [-0.2, -0.15) is 0 Å². The average molecular weight is 316 g/mol. The molecule has 0 saturated carbocycles. The van der Waals surface area contributed by atoms with Crippen LogP contribution in [-0.2, 0) is 4.79 Å². The first-order valence-corrected chi connectivity index (χ1v) is 7.49.